The largest absolute Gasteiger partial charge is 0.467 e. The average molecular weight is 451 g/mol. The molecular weight excluding hydrogens is 421 g/mol. The molecule has 0 aliphatic heterocycles. The van der Waals surface area contributed by atoms with Gasteiger partial charge in [0.05, 0.1) is 12.9 Å². The lowest BCUT2D eigenvalue weighted by Crippen LogP contribution is -2.37. The van der Waals surface area contributed by atoms with Crippen molar-refractivity contribution in [2.45, 2.75) is 52.5 Å². The van der Waals surface area contributed by atoms with Crippen LogP contribution in [-0.4, -0.2) is 31.6 Å². The molecule has 0 atom stereocenters. The number of nitrogens with zero attached hydrogens (tertiary/aromatic N) is 1. The zero-order chi connectivity index (χ0) is 16.8. The molecule has 0 spiro atoms. The molecule has 1 aromatic heterocycles. The van der Waals surface area contributed by atoms with Crippen molar-refractivity contribution < 1.29 is 13.9 Å². The number of unbranched alkanes of at least 4 members (excludes halogenated alkanes) is 3. The molecular formula is C17H30IN3O3. The minimum absolute atomic E-state index is 0. The standard InChI is InChI=1S/C17H29N3O3.HI/c1-3-18-17(20-14-15-10-9-13-23-15)19-12-8-6-5-7-11-16(21)22-4-2;/h9-10,13H,3-8,11-12,14H2,1-2H3,(H2,18,19,20);1H. The van der Waals surface area contributed by atoms with Crippen LogP contribution in [0.3, 0.4) is 0 Å². The molecule has 2 N–H and O–H groups in total. The Morgan fingerprint density at radius 3 is 2.67 bits per heavy atom. The average Bonchev–Trinajstić information content (AvgIpc) is 3.05. The van der Waals surface area contributed by atoms with Crippen molar-refractivity contribution in [2.75, 3.05) is 19.7 Å². The van der Waals surface area contributed by atoms with E-state index >= 15 is 0 Å². The number of esters is 1. The molecule has 6 nitrogen and oxygen atoms in total. The predicted octanol–water partition coefficient (Wildman–Crippen LogP) is 3.47. The lowest BCUT2D eigenvalue weighted by molar-refractivity contribution is -0.143. The van der Waals surface area contributed by atoms with Gasteiger partial charge in [-0.15, -0.1) is 24.0 Å². The predicted molar refractivity (Wildman–Crippen MR) is 107 cm³/mol. The number of hydrogen-bond acceptors (Lipinski definition) is 4. The fraction of sp³-hybridized carbons (Fsp3) is 0.647. The van der Waals surface area contributed by atoms with Crippen LogP contribution in [0.5, 0.6) is 0 Å². The quantitative estimate of drug-likeness (QED) is 0.177. The van der Waals surface area contributed by atoms with Gasteiger partial charge in [-0.2, -0.15) is 0 Å². The number of guanidine groups is 1. The Balaban J connectivity index is 0.00000529. The van der Waals surface area contributed by atoms with E-state index in [2.05, 4.69) is 15.6 Å². The highest BCUT2D eigenvalue weighted by atomic mass is 127. The molecule has 24 heavy (non-hydrogen) atoms. The van der Waals surface area contributed by atoms with Gasteiger partial charge in [-0.05, 0) is 38.8 Å². The highest BCUT2D eigenvalue weighted by Gasteiger charge is 2.01. The summed E-state index contributed by atoms with van der Waals surface area (Å²) in [5.41, 5.74) is 0. The number of furan rings is 1. The molecule has 0 saturated heterocycles. The number of halogens is 1. The van der Waals surface area contributed by atoms with E-state index < -0.39 is 0 Å². The van der Waals surface area contributed by atoms with E-state index in [9.17, 15) is 4.79 Å². The maximum atomic E-state index is 11.2. The topological polar surface area (TPSA) is 75.9 Å². The molecule has 0 fully saturated rings. The van der Waals surface area contributed by atoms with Crippen molar-refractivity contribution in [2.24, 2.45) is 4.99 Å². The van der Waals surface area contributed by atoms with Crippen molar-refractivity contribution in [1.29, 1.82) is 0 Å². The number of nitrogens with one attached hydrogen (secondary N) is 2. The van der Waals surface area contributed by atoms with Gasteiger partial charge in [0, 0.05) is 19.5 Å². The lowest BCUT2D eigenvalue weighted by atomic mass is 10.1. The summed E-state index contributed by atoms with van der Waals surface area (Å²) in [4.78, 5) is 15.7. The molecule has 0 saturated carbocycles. The Labute approximate surface area is 161 Å². The third-order valence-electron chi connectivity index (χ3n) is 3.22. The Kier molecular flexibility index (Phi) is 14.5. The molecule has 0 aliphatic carbocycles. The fourth-order valence-electron chi connectivity index (χ4n) is 2.09. The van der Waals surface area contributed by atoms with Gasteiger partial charge < -0.3 is 19.8 Å². The van der Waals surface area contributed by atoms with E-state index in [0.717, 1.165) is 50.5 Å². The number of ether oxygens (including phenoxy) is 1. The van der Waals surface area contributed by atoms with Crippen LogP contribution in [0.4, 0.5) is 0 Å². The number of rotatable bonds is 11. The molecule has 0 aromatic carbocycles. The zero-order valence-electron chi connectivity index (χ0n) is 14.7. The molecule has 0 radical (unpaired) electrons. The van der Waals surface area contributed by atoms with Crippen LogP contribution in [-0.2, 0) is 16.1 Å². The monoisotopic (exact) mass is 451 g/mol. The molecule has 138 valence electrons. The molecule has 7 heteroatoms. The van der Waals surface area contributed by atoms with Gasteiger partial charge in [0.25, 0.3) is 0 Å². The summed E-state index contributed by atoms with van der Waals surface area (Å²) in [5, 5.41) is 6.52. The van der Waals surface area contributed by atoms with Gasteiger partial charge in [-0.3, -0.25) is 4.79 Å². The summed E-state index contributed by atoms with van der Waals surface area (Å²) in [6.45, 7) is 6.56. The van der Waals surface area contributed by atoms with E-state index in [1.165, 1.54) is 0 Å². The Morgan fingerprint density at radius 1 is 1.21 bits per heavy atom. The highest BCUT2D eigenvalue weighted by molar-refractivity contribution is 14.0. The van der Waals surface area contributed by atoms with E-state index in [1.807, 2.05) is 26.0 Å². The SMILES string of the molecule is CCNC(=NCc1ccco1)NCCCCCCC(=O)OCC.I. The third kappa shape index (κ3) is 11.3. The van der Waals surface area contributed by atoms with Crippen molar-refractivity contribution in [3.63, 3.8) is 0 Å². The van der Waals surface area contributed by atoms with E-state index in [1.54, 1.807) is 6.26 Å². The van der Waals surface area contributed by atoms with Gasteiger partial charge in [0.1, 0.15) is 12.3 Å². The molecule has 1 aromatic rings. The second-order valence-corrected chi connectivity index (χ2v) is 5.17. The minimum Gasteiger partial charge on any atom is -0.467 e. The van der Waals surface area contributed by atoms with Gasteiger partial charge in [-0.25, -0.2) is 4.99 Å². The van der Waals surface area contributed by atoms with Crippen LogP contribution >= 0.6 is 24.0 Å². The van der Waals surface area contributed by atoms with E-state index in [4.69, 9.17) is 9.15 Å². The highest BCUT2D eigenvalue weighted by Crippen LogP contribution is 2.04. The maximum Gasteiger partial charge on any atom is 0.305 e. The third-order valence-corrected chi connectivity index (χ3v) is 3.22. The Bertz CT molecular complexity index is 450. The van der Waals surface area contributed by atoms with Crippen LogP contribution in [0.1, 0.15) is 51.7 Å². The summed E-state index contributed by atoms with van der Waals surface area (Å²) >= 11 is 0. The van der Waals surface area contributed by atoms with Crippen molar-refractivity contribution >= 4 is 35.9 Å². The first-order valence-corrected chi connectivity index (χ1v) is 8.46. The molecule has 0 unspecified atom stereocenters. The summed E-state index contributed by atoms with van der Waals surface area (Å²) in [7, 11) is 0. The normalized spacial score (nSPS) is 10.8. The number of aliphatic imine (C=N–C) groups is 1. The first-order valence-electron chi connectivity index (χ1n) is 8.46. The smallest absolute Gasteiger partial charge is 0.305 e. The minimum atomic E-state index is -0.0925. The van der Waals surface area contributed by atoms with E-state index in [0.29, 0.717) is 19.6 Å². The molecule has 1 heterocycles. The summed E-state index contributed by atoms with van der Waals surface area (Å²) in [6, 6.07) is 3.78. The number of carbonyl (C=O) groups is 1. The molecule has 0 bridgehead atoms. The van der Waals surface area contributed by atoms with Gasteiger partial charge in [0.2, 0.25) is 0 Å². The number of carbonyl (C=O) groups excluding carboxylic acids is 1. The Hall–Kier alpha value is -1.25. The first-order chi connectivity index (χ1) is 11.3. The van der Waals surface area contributed by atoms with Gasteiger partial charge in [0.15, 0.2) is 5.96 Å². The van der Waals surface area contributed by atoms with Crippen molar-refractivity contribution in [3.8, 4) is 0 Å². The Morgan fingerprint density at radius 2 is 2.00 bits per heavy atom. The second-order valence-electron chi connectivity index (χ2n) is 5.17. The summed E-state index contributed by atoms with van der Waals surface area (Å²) < 4.78 is 10.2. The van der Waals surface area contributed by atoms with Gasteiger partial charge >= 0.3 is 5.97 Å². The summed E-state index contributed by atoms with van der Waals surface area (Å²) in [5.74, 6) is 1.56. The van der Waals surface area contributed by atoms with Crippen LogP contribution < -0.4 is 10.6 Å². The zero-order valence-corrected chi connectivity index (χ0v) is 17.0. The van der Waals surface area contributed by atoms with Crippen LogP contribution in [0.25, 0.3) is 0 Å². The van der Waals surface area contributed by atoms with Crippen LogP contribution in [0.15, 0.2) is 27.8 Å². The van der Waals surface area contributed by atoms with Crippen LogP contribution in [0, 0.1) is 0 Å². The molecule has 0 aliphatic rings. The van der Waals surface area contributed by atoms with Crippen LogP contribution in [0.2, 0.25) is 0 Å². The van der Waals surface area contributed by atoms with Crippen molar-refractivity contribution in [1.82, 2.24) is 10.6 Å². The van der Waals surface area contributed by atoms with E-state index in [-0.39, 0.29) is 29.9 Å². The summed E-state index contributed by atoms with van der Waals surface area (Å²) in [6.07, 6.45) is 6.25. The molecule has 0 amide bonds. The first kappa shape index (κ1) is 22.8. The fourth-order valence-corrected chi connectivity index (χ4v) is 2.09. The van der Waals surface area contributed by atoms with Crippen molar-refractivity contribution in [3.05, 3.63) is 24.2 Å². The van der Waals surface area contributed by atoms with Gasteiger partial charge in [-0.1, -0.05) is 12.8 Å². The second kappa shape index (κ2) is 15.3. The maximum absolute atomic E-state index is 11.2. The lowest BCUT2D eigenvalue weighted by Gasteiger charge is -2.10. The number of hydrogen-bond donors (Lipinski definition) is 2. The molecule has 1 rings (SSSR count).